The van der Waals surface area contributed by atoms with E-state index in [4.69, 9.17) is 22.8 Å². The molecular weight excluding hydrogens is 460 g/mol. The number of urea groups is 1. The summed E-state index contributed by atoms with van der Waals surface area (Å²) in [6, 6.07) is 8.91. The van der Waals surface area contributed by atoms with Gasteiger partial charge in [0, 0.05) is 5.02 Å². The van der Waals surface area contributed by atoms with Gasteiger partial charge < -0.3 is 4.74 Å². The van der Waals surface area contributed by atoms with Gasteiger partial charge >= 0.3 is 6.03 Å². The first-order valence-corrected chi connectivity index (χ1v) is 9.52. The third kappa shape index (κ3) is 4.34. The summed E-state index contributed by atoms with van der Waals surface area (Å²) in [5.41, 5.74) is 1.43. The Kier molecular flexibility index (Phi) is 6.06. The number of hydrogen-bond acceptors (Lipinski definition) is 4. The number of hydrogen-bond donors (Lipinski definition) is 1. The van der Waals surface area contributed by atoms with E-state index in [-0.39, 0.29) is 17.9 Å². The summed E-state index contributed by atoms with van der Waals surface area (Å²) in [6.07, 6.45) is 6.57. The largest absolute Gasteiger partial charge is 0.480 e. The highest BCUT2D eigenvalue weighted by atomic mass is 79.9. The number of halogens is 2. The normalized spacial score (nSPS) is 15.3. The second kappa shape index (κ2) is 8.52. The predicted molar refractivity (Wildman–Crippen MR) is 114 cm³/mol. The topological polar surface area (TPSA) is 75.7 Å². The van der Waals surface area contributed by atoms with Crippen LogP contribution in [0, 0.1) is 19.3 Å². The Morgan fingerprint density at radius 1 is 1.24 bits per heavy atom. The Balaban J connectivity index is 1.96. The Labute approximate surface area is 180 Å². The lowest BCUT2D eigenvalue weighted by molar-refractivity contribution is -0.122. The van der Waals surface area contributed by atoms with Crippen molar-refractivity contribution < 1.29 is 19.1 Å². The van der Waals surface area contributed by atoms with E-state index in [2.05, 4.69) is 27.2 Å². The number of nitrogens with one attached hydrogen (secondary N) is 1. The Hall–Kier alpha value is -3.08. The molecule has 0 atom stereocenters. The molecule has 6 nitrogen and oxygen atoms in total. The minimum absolute atomic E-state index is 0.107. The van der Waals surface area contributed by atoms with Crippen molar-refractivity contribution in [3.05, 3.63) is 62.6 Å². The minimum Gasteiger partial charge on any atom is -0.480 e. The zero-order valence-electron chi connectivity index (χ0n) is 15.2. The van der Waals surface area contributed by atoms with Gasteiger partial charge in [-0.3, -0.25) is 14.9 Å². The molecule has 29 heavy (non-hydrogen) atoms. The SMILES string of the molecule is C#CCOc1ccc(/C=C2/C(=O)NC(=O)N(c3ccc(C)c(Cl)c3)C2=O)cc1Br. The second-order valence-electron chi connectivity index (χ2n) is 6.07. The summed E-state index contributed by atoms with van der Waals surface area (Å²) >= 11 is 9.47. The van der Waals surface area contributed by atoms with Crippen molar-refractivity contribution in [3.8, 4) is 18.1 Å². The molecule has 1 aliphatic rings. The fraction of sp³-hybridized carbons (Fsp3) is 0.0952. The molecule has 0 radical (unpaired) electrons. The monoisotopic (exact) mass is 472 g/mol. The first-order chi connectivity index (χ1) is 13.8. The van der Waals surface area contributed by atoms with Gasteiger partial charge in [0.1, 0.15) is 17.9 Å². The van der Waals surface area contributed by atoms with Crippen LogP contribution in [0.3, 0.4) is 0 Å². The molecular formula is C21H14BrClN2O4. The van der Waals surface area contributed by atoms with Gasteiger partial charge in [-0.15, -0.1) is 6.42 Å². The quantitative estimate of drug-likeness (QED) is 0.412. The van der Waals surface area contributed by atoms with Crippen LogP contribution in [0.15, 0.2) is 46.4 Å². The van der Waals surface area contributed by atoms with Crippen LogP contribution in [0.2, 0.25) is 5.02 Å². The maximum atomic E-state index is 12.9. The number of aryl methyl sites for hydroxylation is 1. The number of terminal acetylenes is 1. The highest BCUT2D eigenvalue weighted by molar-refractivity contribution is 9.10. The number of carbonyl (C=O) groups is 3. The molecule has 0 bridgehead atoms. The third-order valence-electron chi connectivity index (χ3n) is 4.09. The van der Waals surface area contributed by atoms with Gasteiger partial charge in [-0.2, -0.15) is 0 Å². The molecule has 146 valence electrons. The first-order valence-electron chi connectivity index (χ1n) is 8.35. The number of benzene rings is 2. The van der Waals surface area contributed by atoms with Crippen LogP contribution in [-0.4, -0.2) is 24.5 Å². The summed E-state index contributed by atoms with van der Waals surface area (Å²) in [5, 5.41) is 2.57. The van der Waals surface area contributed by atoms with E-state index in [1.54, 1.807) is 37.3 Å². The highest BCUT2D eigenvalue weighted by Gasteiger charge is 2.37. The number of nitrogens with zero attached hydrogens (tertiary/aromatic N) is 1. The maximum absolute atomic E-state index is 12.9. The fourth-order valence-electron chi connectivity index (χ4n) is 2.62. The third-order valence-corrected chi connectivity index (χ3v) is 5.12. The smallest absolute Gasteiger partial charge is 0.335 e. The molecule has 0 aliphatic carbocycles. The number of imide groups is 2. The molecule has 1 N–H and O–H groups in total. The van der Waals surface area contributed by atoms with Gasteiger partial charge in [0.25, 0.3) is 11.8 Å². The summed E-state index contributed by atoms with van der Waals surface area (Å²) in [7, 11) is 0. The second-order valence-corrected chi connectivity index (χ2v) is 7.34. The summed E-state index contributed by atoms with van der Waals surface area (Å²) < 4.78 is 5.97. The zero-order chi connectivity index (χ0) is 21.1. The van der Waals surface area contributed by atoms with E-state index in [0.717, 1.165) is 10.5 Å². The average molecular weight is 474 g/mol. The zero-order valence-corrected chi connectivity index (χ0v) is 17.5. The maximum Gasteiger partial charge on any atom is 0.335 e. The standard InChI is InChI=1S/C21H14BrClN2O4/c1-3-8-29-18-7-5-13(10-16(18)22)9-15-19(26)24-21(28)25(20(15)27)14-6-4-12(2)17(23)11-14/h1,4-7,9-11H,8H2,2H3,(H,24,26,28)/b15-9-. The van der Waals surface area contributed by atoms with Crippen molar-refractivity contribution in [2.75, 3.05) is 11.5 Å². The molecule has 4 amide bonds. The van der Waals surface area contributed by atoms with E-state index < -0.39 is 17.8 Å². The molecule has 1 fully saturated rings. The lowest BCUT2D eigenvalue weighted by Gasteiger charge is -2.26. The van der Waals surface area contributed by atoms with Crippen LogP contribution < -0.4 is 15.0 Å². The molecule has 1 saturated heterocycles. The Bertz CT molecular complexity index is 1100. The van der Waals surface area contributed by atoms with Gasteiger partial charge in [-0.05, 0) is 64.3 Å². The summed E-state index contributed by atoms with van der Waals surface area (Å²) in [4.78, 5) is 38.3. The summed E-state index contributed by atoms with van der Waals surface area (Å²) in [5.74, 6) is 1.36. The number of carbonyl (C=O) groups excluding carboxylic acids is 3. The molecule has 2 aromatic rings. The van der Waals surface area contributed by atoms with Crippen molar-refractivity contribution in [2.24, 2.45) is 0 Å². The van der Waals surface area contributed by atoms with Crippen LogP contribution in [-0.2, 0) is 9.59 Å². The average Bonchev–Trinajstić information content (AvgIpc) is 2.67. The van der Waals surface area contributed by atoms with Gasteiger partial charge in [-0.25, -0.2) is 9.69 Å². The van der Waals surface area contributed by atoms with Gasteiger partial charge in [-0.1, -0.05) is 29.7 Å². The molecule has 8 heteroatoms. The molecule has 1 aliphatic heterocycles. The molecule has 0 saturated carbocycles. The number of rotatable bonds is 4. The number of ether oxygens (including phenoxy) is 1. The Morgan fingerprint density at radius 2 is 2.00 bits per heavy atom. The van der Waals surface area contributed by atoms with Crippen molar-refractivity contribution in [3.63, 3.8) is 0 Å². The van der Waals surface area contributed by atoms with Crippen molar-refractivity contribution in [2.45, 2.75) is 6.92 Å². The molecule has 0 spiro atoms. The molecule has 0 unspecified atom stereocenters. The molecule has 3 rings (SSSR count). The first kappa shape index (κ1) is 20.6. The van der Waals surface area contributed by atoms with E-state index in [0.29, 0.717) is 20.8 Å². The van der Waals surface area contributed by atoms with Gasteiger partial charge in [0.2, 0.25) is 0 Å². The Morgan fingerprint density at radius 3 is 2.66 bits per heavy atom. The number of anilines is 1. The van der Waals surface area contributed by atoms with Crippen molar-refractivity contribution in [1.29, 1.82) is 0 Å². The predicted octanol–water partition coefficient (Wildman–Crippen LogP) is 4.09. The number of amides is 4. The van der Waals surface area contributed by atoms with Crippen molar-refractivity contribution in [1.82, 2.24) is 5.32 Å². The number of barbiturate groups is 1. The van der Waals surface area contributed by atoms with Crippen molar-refractivity contribution >= 4 is 57.1 Å². The van der Waals surface area contributed by atoms with Crippen LogP contribution in [0.4, 0.5) is 10.5 Å². The van der Waals surface area contributed by atoms with Gasteiger partial charge in [0.15, 0.2) is 0 Å². The lowest BCUT2D eigenvalue weighted by Crippen LogP contribution is -2.54. The van der Waals surface area contributed by atoms with E-state index in [9.17, 15) is 14.4 Å². The van der Waals surface area contributed by atoms with E-state index in [1.165, 1.54) is 12.1 Å². The van der Waals surface area contributed by atoms with E-state index >= 15 is 0 Å². The lowest BCUT2D eigenvalue weighted by atomic mass is 10.1. The van der Waals surface area contributed by atoms with Gasteiger partial charge in [0.05, 0.1) is 10.2 Å². The fourth-order valence-corrected chi connectivity index (χ4v) is 3.31. The minimum atomic E-state index is -0.837. The van der Waals surface area contributed by atoms with Crippen LogP contribution in [0.1, 0.15) is 11.1 Å². The summed E-state index contributed by atoms with van der Waals surface area (Å²) in [6.45, 7) is 1.91. The van der Waals surface area contributed by atoms with E-state index in [1.807, 2.05) is 0 Å². The molecule has 1 heterocycles. The highest BCUT2D eigenvalue weighted by Crippen LogP contribution is 2.29. The molecule has 0 aromatic heterocycles. The molecule has 2 aromatic carbocycles. The van der Waals surface area contributed by atoms with Crippen LogP contribution >= 0.6 is 27.5 Å². The van der Waals surface area contributed by atoms with Crippen LogP contribution in [0.5, 0.6) is 5.75 Å². The van der Waals surface area contributed by atoms with Crippen LogP contribution in [0.25, 0.3) is 6.08 Å².